The van der Waals surface area contributed by atoms with Crippen LogP contribution in [0.1, 0.15) is 24.6 Å². The van der Waals surface area contributed by atoms with Gasteiger partial charge in [0.15, 0.2) is 0 Å². The van der Waals surface area contributed by atoms with Crippen molar-refractivity contribution < 1.29 is 13.2 Å². The third-order valence-electron chi connectivity index (χ3n) is 3.18. The molecule has 2 aromatic rings. The predicted molar refractivity (Wildman–Crippen MR) is 77.1 cm³/mol. The van der Waals surface area contributed by atoms with E-state index >= 15 is 0 Å². The molecule has 0 aliphatic heterocycles. The zero-order valence-corrected chi connectivity index (χ0v) is 11.7. The molecule has 0 fully saturated rings. The molecule has 1 heterocycles. The van der Waals surface area contributed by atoms with Crippen molar-refractivity contribution in [2.45, 2.75) is 32.0 Å². The number of hydrogen-bond acceptors (Lipinski definition) is 2. The topological polar surface area (TPSA) is 24.9 Å². The number of nitrogens with zero attached hydrogens (tertiary/aromatic N) is 1. The number of aryl methyl sites for hydroxylation is 1. The molecule has 5 heteroatoms. The van der Waals surface area contributed by atoms with Crippen molar-refractivity contribution in [3.8, 4) is 0 Å². The third-order valence-corrected chi connectivity index (χ3v) is 3.18. The zero-order chi connectivity index (χ0) is 15.3. The summed E-state index contributed by atoms with van der Waals surface area (Å²) in [5.74, 6) is 0. The Hall–Kier alpha value is -2.04. The first-order valence-corrected chi connectivity index (χ1v) is 6.79. The fourth-order valence-electron chi connectivity index (χ4n) is 2.03. The number of aromatic nitrogens is 1. The number of halogens is 3. The van der Waals surface area contributed by atoms with Gasteiger partial charge in [0.25, 0.3) is 0 Å². The maximum Gasteiger partial charge on any atom is 0.433 e. The summed E-state index contributed by atoms with van der Waals surface area (Å²) < 4.78 is 37.2. The van der Waals surface area contributed by atoms with Crippen LogP contribution >= 0.6 is 0 Å². The molecule has 1 atom stereocenters. The lowest BCUT2D eigenvalue weighted by Crippen LogP contribution is -2.16. The molecule has 1 aromatic heterocycles. The highest BCUT2D eigenvalue weighted by atomic mass is 19.4. The van der Waals surface area contributed by atoms with Crippen LogP contribution in [0.4, 0.5) is 18.9 Å². The lowest BCUT2D eigenvalue weighted by atomic mass is 10.1. The standard InChI is InChI=1S/C16H17F3N2/c1-12(7-8-13-5-3-2-4-6-13)21-14-9-10-15(20-11-14)16(17,18)19/h2-6,9-12,21H,7-8H2,1H3. The van der Waals surface area contributed by atoms with Gasteiger partial charge >= 0.3 is 6.18 Å². The highest BCUT2D eigenvalue weighted by Gasteiger charge is 2.32. The number of alkyl halides is 3. The molecule has 0 aliphatic rings. The van der Waals surface area contributed by atoms with E-state index in [9.17, 15) is 13.2 Å². The summed E-state index contributed by atoms with van der Waals surface area (Å²) in [4.78, 5) is 3.43. The van der Waals surface area contributed by atoms with Crippen LogP contribution < -0.4 is 5.32 Å². The van der Waals surface area contributed by atoms with Crippen LogP contribution in [0.2, 0.25) is 0 Å². The van der Waals surface area contributed by atoms with Gasteiger partial charge in [-0.3, -0.25) is 0 Å². The Morgan fingerprint density at radius 2 is 1.81 bits per heavy atom. The van der Waals surface area contributed by atoms with Gasteiger partial charge in [0.2, 0.25) is 0 Å². The summed E-state index contributed by atoms with van der Waals surface area (Å²) in [6.07, 6.45) is -1.35. The Balaban J connectivity index is 1.86. The zero-order valence-electron chi connectivity index (χ0n) is 11.7. The Labute approximate surface area is 122 Å². The summed E-state index contributed by atoms with van der Waals surface area (Å²) in [7, 11) is 0. The summed E-state index contributed by atoms with van der Waals surface area (Å²) in [5, 5.41) is 3.16. The molecule has 0 aliphatic carbocycles. The normalized spacial score (nSPS) is 13.0. The number of rotatable bonds is 5. The molecule has 0 radical (unpaired) electrons. The van der Waals surface area contributed by atoms with Gasteiger partial charge in [-0.2, -0.15) is 13.2 Å². The van der Waals surface area contributed by atoms with E-state index in [1.54, 1.807) is 0 Å². The van der Waals surface area contributed by atoms with Crippen molar-refractivity contribution in [3.63, 3.8) is 0 Å². The van der Waals surface area contributed by atoms with Crippen LogP contribution in [-0.2, 0) is 12.6 Å². The summed E-state index contributed by atoms with van der Waals surface area (Å²) >= 11 is 0. The maximum atomic E-state index is 12.4. The smallest absolute Gasteiger partial charge is 0.381 e. The molecule has 2 nitrogen and oxygen atoms in total. The van der Waals surface area contributed by atoms with Crippen molar-refractivity contribution >= 4 is 5.69 Å². The molecule has 1 aromatic carbocycles. The van der Waals surface area contributed by atoms with E-state index in [1.807, 2.05) is 25.1 Å². The second kappa shape index (κ2) is 6.61. The highest BCUT2D eigenvalue weighted by Crippen LogP contribution is 2.27. The number of hydrogen-bond donors (Lipinski definition) is 1. The Morgan fingerprint density at radius 1 is 1.10 bits per heavy atom. The number of anilines is 1. The molecule has 2 rings (SSSR count). The average molecular weight is 294 g/mol. The van der Waals surface area contributed by atoms with Crippen molar-refractivity contribution in [1.29, 1.82) is 0 Å². The Morgan fingerprint density at radius 3 is 2.38 bits per heavy atom. The van der Waals surface area contributed by atoms with E-state index in [0.717, 1.165) is 18.9 Å². The fourth-order valence-corrected chi connectivity index (χ4v) is 2.03. The molecule has 1 unspecified atom stereocenters. The van der Waals surface area contributed by atoms with Gasteiger partial charge in [0, 0.05) is 6.04 Å². The van der Waals surface area contributed by atoms with Gasteiger partial charge in [-0.05, 0) is 37.5 Å². The molecule has 0 bridgehead atoms. The molecule has 0 saturated heterocycles. The quantitative estimate of drug-likeness (QED) is 0.876. The number of nitrogens with one attached hydrogen (secondary N) is 1. The monoisotopic (exact) mass is 294 g/mol. The molecule has 0 spiro atoms. The van der Waals surface area contributed by atoms with Gasteiger partial charge in [-0.15, -0.1) is 0 Å². The van der Waals surface area contributed by atoms with Crippen molar-refractivity contribution in [2.75, 3.05) is 5.32 Å². The highest BCUT2D eigenvalue weighted by molar-refractivity contribution is 5.42. The van der Waals surface area contributed by atoms with E-state index in [4.69, 9.17) is 0 Å². The van der Waals surface area contributed by atoms with Crippen LogP contribution in [0.25, 0.3) is 0 Å². The predicted octanol–water partition coefficient (Wildman–Crippen LogP) is 4.53. The van der Waals surface area contributed by atoms with Gasteiger partial charge < -0.3 is 5.32 Å². The minimum Gasteiger partial charge on any atom is -0.381 e. The summed E-state index contributed by atoms with van der Waals surface area (Å²) in [5.41, 5.74) is 0.977. The molecule has 1 N–H and O–H groups in total. The Kier molecular flexibility index (Phi) is 4.83. The minimum absolute atomic E-state index is 0.156. The Bertz CT molecular complexity index is 550. The molecule has 21 heavy (non-hydrogen) atoms. The average Bonchev–Trinajstić information content (AvgIpc) is 2.46. The summed E-state index contributed by atoms with van der Waals surface area (Å²) in [6.45, 7) is 2.00. The molecular weight excluding hydrogens is 277 g/mol. The van der Waals surface area contributed by atoms with E-state index in [2.05, 4.69) is 22.4 Å². The molecule has 0 saturated carbocycles. The van der Waals surface area contributed by atoms with Crippen LogP contribution in [0.5, 0.6) is 0 Å². The lowest BCUT2D eigenvalue weighted by Gasteiger charge is -2.15. The molecule has 112 valence electrons. The first-order valence-electron chi connectivity index (χ1n) is 6.79. The maximum absolute atomic E-state index is 12.4. The van der Waals surface area contributed by atoms with E-state index < -0.39 is 11.9 Å². The molecule has 0 amide bonds. The van der Waals surface area contributed by atoms with Gasteiger partial charge in [-0.1, -0.05) is 30.3 Å². The second-order valence-electron chi connectivity index (χ2n) is 5.00. The van der Waals surface area contributed by atoms with Crippen molar-refractivity contribution in [3.05, 3.63) is 59.9 Å². The third kappa shape index (κ3) is 4.77. The van der Waals surface area contributed by atoms with Crippen molar-refractivity contribution in [1.82, 2.24) is 4.98 Å². The van der Waals surface area contributed by atoms with Crippen LogP contribution in [0.3, 0.4) is 0 Å². The molecular formula is C16H17F3N2. The summed E-state index contributed by atoms with van der Waals surface area (Å²) in [6, 6.07) is 12.6. The SMILES string of the molecule is CC(CCc1ccccc1)Nc1ccc(C(F)(F)F)nc1. The first kappa shape index (κ1) is 15.4. The van der Waals surface area contributed by atoms with Crippen LogP contribution in [-0.4, -0.2) is 11.0 Å². The van der Waals surface area contributed by atoms with E-state index in [1.165, 1.54) is 17.8 Å². The largest absolute Gasteiger partial charge is 0.433 e. The fraction of sp³-hybridized carbons (Fsp3) is 0.312. The lowest BCUT2D eigenvalue weighted by molar-refractivity contribution is -0.141. The van der Waals surface area contributed by atoms with Crippen LogP contribution in [0, 0.1) is 0 Å². The van der Waals surface area contributed by atoms with Gasteiger partial charge in [0.05, 0.1) is 11.9 Å². The van der Waals surface area contributed by atoms with Gasteiger partial charge in [0.1, 0.15) is 5.69 Å². The van der Waals surface area contributed by atoms with Crippen LogP contribution in [0.15, 0.2) is 48.7 Å². The van der Waals surface area contributed by atoms with E-state index in [0.29, 0.717) is 5.69 Å². The minimum atomic E-state index is -4.39. The number of pyridine rings is 1. The second-order valence-corrected chi connectivity index (χ2v) is 5.00. The van der Waals surface area contributed by atoms with Gasteiger partial charge in [-0.25, -0.2) is 4.98 Å². The number of benzene rings is 1. The first-order chi connectivity index (χ1) is 9.95. The van der Waals surface area contributed by atoms with Crippen molar-refractivity contribution in [2.24, 2.45) is 0 Å². The van der Waals surface area contributed by atoms with E-state index in [-0.39, 0.29) is 6.04 Å².